The van der Waals surface area contributed by atoms with E-state index in [-0.39, 0.29) is 13.2 Å². The van der Waals surface area contributed by atoms with Crippen LogP contribution in [0.1, 0.15) is 22.6 Å². The van der Waals surface area contributed by atoms with Crippen LogP contribution in [0.5, 0.6) is 5.75 Å². The van der Waals surface area contributed by atoms with Crippen molar-refractivity contribution in [3.63, 3.8) is 0 Å². The van der Waals surface area contributed by atoms with E-state index in [1.54, 1.807) is 32.0 Å². The van der Waals surface area contributed by atoms with Gasteiger partial charge in [0.05, 0.1) is 11.3 Å². The molecule has 0 bridgehead atoms. The van der Waals surface area contributed by atoms with Crippen molar-refractivity contribution in [2.24, 2.45) is 0 Å². The Morgan fingerprint density at radius 2 is 2.10 bits per heavy atom. The van der Waals surface area contributed by atoms with Crippen LogP contribution >= 0.6 is 11.6 Å². The number of nitrogens with zero attached hydrogens (tertiary/aromatic N) is 1. The van der Waals surface area contributed by atoms with Crippen LogP contribution in [-0.2, 0) is 16.1 Å². The lowest BCUT2D eigenvalue weighted by Gasteiger charge is -2.08. The molecule has 0 spiro atoms. The molecule has 21 heavy (non-hydrogen) atoms. The van der Waals surface area contributed by atoms with E-state index >= 15 is 0 Å². The van der Waals surface area contributed by atoms with Crippen LogP contribution in [0.15, 0.2) is 22.7 Å². The molecule has 0 saturated heterocycles. The zero-order chi connectivity index (χ0) is 15.4. The van der Waals surface area contributed by atoms with Crippen LogP contribution in [0.2, 0.25) is 5.02 Å². The number of halogens is 1. The Labute approximate surface area is 127 Å². The number of esters is 1. The largest absolute Gasteiger partial charge is 0.482 e. The number of aryl methyl sites for hydroxylation is 3. The molecule has 0 saturated carbocycles. The van der Waals surface area contributed by atoms with Gasteiger partial charge < -0.3 is 14.0 Å². The smallest absolute Gasteiger partial charge is 0.344 e. The van der Waals surface area contributed by atoms with E-state index in [0.29, 0.717) is 16.5 Å². The van der Waals surface area contributed by atoms with Gasteiger partial charge in [-0.1, -0.05) is 16.8 Å². The molecule has 2 aromatic rings. The van der Waals surface area contributed by atoms with Crippen molar-refractivity contribution in [2.75, 3.05) is 6.61 Å². The predicted molar refractivity (Wildman–Crippen MR) is 77.5 cm³/mol. The molecule has 2 rings (SSSR count). The van der Waals surface area contributed by atoms with E-state index in [1.807, 2.05) is 6.92 Å². The molecular formula is C15H16ClNO4. The highest BCUT2D eigenvalue weighted by Gasteiger charge is 2.12. The maximum Gasteiger partial charge on any atom is 0.344 e. The summed E-state index contributed by atoms with van der Waals surface area (Å²) in [5, 5.41) is 4.45. The van der Waals surface area contributed by atoms with Gasteiger partial charge in [0.15, 0.2) is 6.61 Å². The lowest BCUT2D eigenvalue weighted by atomic mass is 10.2. The molecular weight excluding hydrogens is 294 g/mol. The van der Waals surface area contributed by atoms with E-state index in [9.17, 15) is 4.79 Å². The second-order valence-electron chi connectivity index (χ2n) is 4.66. The highest BCUT2D eigenvalue weighted by atomic mass is 35.5. The predicted octanol–water partition coefficient (Wildman–Crippen LogP) is 3.38. The summed E-state index contributed by atoms with van der Waals surface area (Å²) in [6.45, 7) is 5.40. The number of carbonyl (C=O) groups excluding carboxylic acids is 1. The van der Waals surface area contributed by atoms with E-state index in [2.05, 4.69) is 5.16 Å². The maximum absolute atomic E-state index is 11.7. The minimum atomic E-state index is -0.456. The topological polar surface area (TPSA) is 61.6 Å². The Balaban J connectivity index is 1.83. The standard InChI is InChI=1S/C15H16ClNO4/c1-9-6-12(4-5-14(9)16)19-8-15(18)20-7-13-10(2)17-21-11(13)3/h4-6H,7-8H2,1-3H3. The normalized spacial score (nSPS) is 10.5. The Bertz CT molecular complexity index is 632. The Kier molecular flexibility index (Phi) is 4.85. The van der Waals surface area contributed by atoms with Gasteiger partial charge >= 0.3 is 5.97 Å². The third-order valence-corrected chi connectivity index (χ3v) is 3.47. The molecule has 0 aliphatic carbocycles. The second kappa shape index (κ2) is 6.63. The van der Waals surface area contributed by atoms with E-state index in [4.69, 9.17) is 25.6 Å². The molecule has 1 aromatic heterocycles. The fraction of sp³-hybridized carbons (Fsp3) is 0.333. The highest BCUT2D eigenvalue weighted by molar-refractivity contribution is 6.31. The number of aromatic nitrogens is 1. The van der Waals surface area contributed by atoms with Gasteiger partial charge in [0, 0.05) is 5.02 Å². The lowest BCUT2D eigenvalue weighted by molar-refractivity contribution is -0.147. The first-order chi connectivity index (χ1) is 9.97. The molecule has 0 amide bonds. The molecule has 1 aromatic carbocycles. The summed E-state index contributed by atoms with van der Waals surface area (Å²) in [7, 11) is 0. The molecule has 0 aliphatic heterocycles. The molecule has 5 nitrogen and oxygen atoms in total. The number of rotatable bonds is 5. The number of benzene rings is 1. The molecule has 0 radical (unpaired) electrons. The summed E-state index contributed by atoms with van der Waals surface area (Å²) in [5.41, 5.74) is 2.39. The van der Waals surface area contributed by atoms with Crippen LogP contribution in [0, 0.1) is 20.8 Å². The van der Waals surface area contributed by atoms with Gasteiger partial charge in [-0.3, -0.25) is 0 Å². The van der Waals surface area contributed by atoms with Gasteiger partial charge in [-0.15, -0.1) is 0 Å². The number of ether oxygens (including phenoxy) is 2. The lowest BCUT2D eigenvalue weighted by Crippen LogP contribution is -2.15. The van der Waals surface area contributed by atoms with Gasteiger partial charge in [0.2, 0.25) is 0 Å². The quantitative estimate of drug-likeness (QED) is 0.792. The van der Waals surface area contributed by atoms with Gasteiger partial charge in [0.25, 0.3) is 0 Å². The summed E-state index contributed by atoms with van der Waals surface area (Å²) in [4.78, 5) is 11.7. The van der Waals surface area contributed by atoms with Crippen LogP contribution in [0.4, 0.5) is 0 Å². The second-order valence-corrected chi connectivity index (χ2v) is 5.07. The van der Waals surface area contributed by atoms with Gasteiger partial charge in [-0.2, -0.15) is 0 Å². The molecule has 112 valence electrons. The van der Waals surface area contributed by atoms with Crippen LogP contribution in [0.3, 0.4) is 0 Å². The van der Waals surface area contributed by atoms with Gasteiger partial charge in [0.1, 0.15) is 18.1 Å². The van der Waals surface area contributed by atoms with Crippen molar-refractivity contribution in [1.82, 2.24) is 5.16 Å². The first-order valence-corrected chi connectivity index (χ1v) is 6.81. The third-order valence-electron chi connectivity index (χ3n) is 3.04. The average Bonchev–Trinajstić information content (AvgIpc) is 2.77. The fourth-order valence-electron chi connectivity index (χ4n) is 1.75. The van der Waals surface area contributed by atoms with Crippen molar-refractivity contribution in [1.29, 1.82) is 0 Å². The molecule has 0 N–H and O–H groups in total. The Hall–Kier alpha value is -2.01. The maximum atomic E-state index is 11.7. The molecule has 0 aliphatic rings. The third kappa shape index (κ3) is 3.98. The first kappa shape index (κ1) is 15.4. The van der Waals surface area contributed by atoms with Crippen molar-refractivity contribution < 1.29 is 18.8 Å². The van der Waals surface area contributed by atoms with E-state index in [0.717, 1.165) is 16.8 Å². The number of carbonyl (C=O) groups is 1. The van der Waals surface area contributed by atoms with Gasteiger partial charge in [-0.05, 0) is 44.5 Å². The summed E-state index contributed by atoms with van der Waals surface area (Å²) in [6.07, 6.45) is 0. The zero-order valence-electron chi connectivity index (χ0n) is 12.1. The van der Waals surface area contributed by atoms with Gasteiger partial charge in [-0.25, -0.2) is 4.79 Å². The highest BCUT2D eigenvalue weighted by Crippen LogP contribution is 2.21. The zero-order valence-corrected chi connectivity index (χ0v) is 12.9. The molecule has 1 heterocycles. The summed E-state index contributed by atoms with van der Waals surface area (Å²) < 4.78 is 15.5. The average molecular weight is 310 g/mol. The molecule has 0 fully saturated rings. The van der Waals surface area contributed by atoms with E-state index < -0.39 is 5.97 Å². The Morgan fingerprint density at radius 1 is 1.33 bits per heavy atom. The number of hydrogen-bond acceptors (Lipinski definition) is 5. The summed E-state index contributed by atoms with van der Waals surface area (Å²) >= 11 is 5.92. The summed E-state index contributed by atoms with van der Waals surface area (Å²) in [5.74, 6) is 0.767. The monoisotopic (exact) mass is 309 g/mol. The van der Waals surface area contributed by atoms with Crippen LogP contribution in [-0.4, -0.2) is 17.7 Å². The summed E-state index contributed by atoms with van der Waals surface area (Å²) in [6, 6.07) is 5.20. The van der Waals surface area contributed by atoms with E-state index in [1.165, 1.54) is 0 Å². The van der Waals surface area contributed by atoms with Crippen molar-refractivity contribution in [3.05, 3.63) is 45.8 Å². The fourth-order valence-corrected chi connectivity index (χ4v) is 1.87. The molecule has 6 heteroatoms. The SMILES string of the molecule is Cc1cc(OCC(=O)OCc2c(C)noc2C)ccc1Cl. The van der Waals surface area contributed by atoms with Crippen LogP contribution < -0.4 is 4.74 Å². The molecule has 0 atom stereocenters. The number of hydrogen-bond donors (Lipinski definition) is 0. The van der Waals surface area contributed by atoms with Crippen molar-refractivity contribution >= 4 is 17.6 Å². The Morgan fingerprint density at radius 3 is 2.71 bits per heavy atom. The minimum Gasteiger partial charge on any atom is -0.482 e. The van der Waals surface area contributed by atoms with Crippen molar-refractivity contribution in [2.45, 2.75) is 27.4 Å². The van der Waals surface area contributed by atoms with Crippen LogP contribution in [0.25, 0.3) is 0 Å². The molecule has 0 unspecified atom stereocenters. The minimum absolute atomic E-state index is 0.128. The first-order valence-electron chi connectivity index (χ1n) is 6.43. The van der Waals surface area contributed by atoms with Crippen molar-refractivity contribution in [3.8, 4) is 5.75 Å².